The standard InChI is InChI=1S/C9H10ClFN2O2/c1-9(3-2-4-9)13-7(14)5(11)6(10)12-8(13)15/h2-4H2,1H3,(H,12,15). The number of halogens is 2. The minimum Gasteiger partial charge on any atom is -0.295 e. The van der Waals surface area contributed by atoms with Gasteiger partial charge in [-0.05, 0) is 26.2 Å². The Morgan fingerprint density at radius 3 is 2.53 bits per heavy atom. The molecule has 1 aromatic heterocycles. The molecule has 1 N–H and O–H groups in total. The van der Waals surface area contributed by atoms with E-state index in [9.17, 15) is 14.0 Å². The molecule has 0 aliphatic heterocycles. The van der Waals surface area contributed by atoms with Crippen LogP contribution < -0.4 is 11.2 Å². The molecule has 1 saturated carbocycles. The zero-order valence-electron chi connectivity index (χ0n) is 8.14. The van der Waals surface area contributed by atoms with Crippen molar-refractivity contribution < 1.29 is 4.39 Å². The third kappa shape index (κ3) is 1.42. The van der Waals surface area contributed by atoms with Gasteiger partial charge in [-0.2, -0.15) is 4.39 Å². The molecule has 0 amide bonds. The molecule has 0 aromatic carbocycles. The summed E-state index contributed by atoms with van der Waals surface area (Å²) >= 11 is 5.36. The number of hydrogen-bond acceptors (Lipinski definition) is 2. The number of aromatic nitrogens is 2. The number of hydrogen-bond donors (Lipinski definition) is 1. The third-order valence-electron chi connectivity index (χ3n) is 2.97. The smallest absolute Gasteiger partial charge is 0.295 e. The van der Waals surface area contributed by atoms with E-state index >= 15 is 0 Å². The first kappa shape index (κ1) is 10.4. The Labute approximate surface area is 89.7 Å². The predicted molar refractivity (Wildman–Crippen MR) is 53.8 cm³/mol. The van der Waals surface area contributed by atoms with Gasteiger partial charge in [-0.15, -0.1) is 0 Å². The van der Waals surface area contributed by atoms with E-state index in [4.69, 9.17) is 11.6 Å². The highest BCUT2D eigenvalue weighted by Gasteiger charge is 2.37. The second-order valence-corrected chi connectivity index (χ2v) is 4.43. The maximum Gasteiger partial charge on any atom is 0.330 e. The van der Waals surface area contributed by atoms with Gasteiger partial charge in [0.2, 0.25) is 5.82 Å². The van der Waals surface area contributed by atoms with E-state index in [0.29, 0.717) is 12.8 Å². The van der Waals surface area contributed by atoms with Crippen molar-refractivity contribution in [1.29, 1.82) is 0 Å². The van der Waals surface area contributed by atoms with Crippen LogP contribution in [0.2, 0.25) is 5.15 Å². The van der Waals surface area contributed by atoms with Gasteiger partial charge in [0.15, 0.2) is 5.15 Å². The minimum atomic E-state index is -1.09. The summed E-state index contributed by atoms with van der Waals surface area (Å²) in [4.78, 5) is 25.2. The third-order valence-corrected chi connectivity index (χ3v) is 3.23. The summed E-state index contributed by atoms with van der Waals surface area (Å²) in [6, 6.07) is 0. The Morgan fingerprint density at radius 1 is 1.47 bits per heavy atom. The number of nitrogens with one attached hydrogen (secondary N) is 1. The lowest BCUT2D eigenvalue weighted by atomic mass is 9.78. The molecule has 0 spiro atoms. The fourth-order valence-electron chi connectivity index (χ4n) is 1.89. The zero-order valence-corrected chi connectivity index (χ0v) is 8.90. The summed E-state index contributed by atoms with van der Waals surface area (Å²) in [7, 11) is 0. The summed E-state index contributed by atoms with van der Waals surface area (Å²) in [6.45, 7) is 1.76. The molecule has 0 bridgehead atoms. The Kier molecular flexibility index (Phi) is 2.22. The van der Waals surface area contributed by atoms with Crippen LogP contribution in [0.3, 0.4) is 0 Å². The molecule has 1 aliphatic carbocycles. The first-order chi connectivity index (χ1) is 6.96. The monoisotopic (exact) mass is 232 g/mol. The van der Waals surface area contributed by atoms with E-state index < -0.39 is 27.8 Å². The van der Waals surface area contributed by atoms with Gasteiger partial charge in [0, 0.05) is 5.54 Å². The van der Waals surface area contributed by atoms with Gasteiger partial charge in [-0.3, -0.25) is 14.3 Å². The number of rotatable bonds is 1. The average molecular weight is 233 g/mol. The van der Waals surface area contributed by atoms with E-state index in [1.54, 1.807) is 6.92 Å². The fraction of sp³-hybridized carbons (Fsp3) is 0.556. The van der Waals surface area contributed by atoms with Crippen molar-refractivity contribution in [2.45, 2.75) is 31.7 Å². The van der Waals surface area contributed by atoms with Crippen LogP contribution in [0.15, 0.2) is 9.59 Å². The molecule has 0 radical (unpaired) electrons. The van der Waals surface area contributed by atoms with Crippen molar-refractivity contribution in [3.63, 3.8) is 0 Å². The Balaban J connectivity index is 2.72. The van der Waals surface area contributed by atoms with Gasteiger partial charge >= 0.3 is 5.69 Å². The maximum atomic E-state index is 13.2. The summed E-state index contributed by atoms with van der Waals surface area (Å²) in [5.74, 6) is -1.09. The molecule has 15 heavy (non-hydrogen) atoms. The van der Waals surface area contributed by atoms with Crippen LogP contribution >= 0.6 is 11.6 Å². The van der Waals surface area contributed by atoms with Crippen molar-refractivity contribution >= 4 is 11.6 Å². The van der Waals surface area contributed by atoms with E-state index in [-0.39, 0.29) is 0 Å². The highest BCUT2D eigenvalue weighted by molar-refractivity contribution is 6.29. The van der Waals surface area contributed by atoms with E-state index in [0.717, 1.165) is 11.0 Å². The SMILES string of the molecule is CC1(n2c(=O)[nH]c(Cl)c(F)c2=O)CCC1. The van der Waals surface area contributed by atoms with Crippen LogP contribution in [0, 0.1) is 5.82 Å². The Morgan fingerprint density at radius 2 is 2.07 bits per heavy atom. The normalized spacial score (nSPS) is 18.6. The van der Waals surface area contributed by atoms with Crippen LogP contribution in [0.25, 0.3) is 0 Å². The molecule has 1 fully saturated rings. The molecule has 0 atom stereocenters. The van der Waals surface area contributed by atoms with Crippen LogP contribution in [0.4, 0.5) is 4.39 Å². The second-order valence-electron chi connectivity index (χ2n) is 4.05. The van der Waals surface area contributed by atoms with Crippen LogP contribution in [0.1, 0.15) is 26.2 Å². The molecule has 0 unspecified atom stereocenters. The number of aromatic amines is 1. The van der Waals surface area contributed by atoms with Gasteiger partial charge < -0.3 is 0 Å². The van der Waals surface area contributed by atoms with Crippen LogP contribution in [-0.2, 0) is 5.54 Å². The quantitative estimate of drug-likeness (QED) is 0.741. The lowest BCUT2D eigenvalue weighted by Gasteiger charge is -2.39. The van der Waals surface area contributed by atoms with E-state index in [1.165, 1.54) is 0 Å². The summed E-state index contributed by atoms with van der Waals surface area (Å²) < 4.78 is 14.2. The molecule has 0 saturated heterocycles. The predicted octanol–water partition coefficient (Wildman–Crippen LogP) is 1.23. The minimum absolute atomic E-state index is 0.524. The molecule has 1 aliphatic rings. The van der Waals surface area contributed by atoms with Gasteiger partial charge in [0.05, 0.1) is 0 Å². The lowest BCUT2D eigenvalue weighted by Crippen LogP contribution is -2.52. The number of nitrogens with zero attached hydrogens (tertiary/aromatic N) is 1. The van der Waals surface area contributed by atoms with Gasteiger partial charge in [0.1, 0.15) is 0 Å². The largest absolute Gasteiger partial charge is 0.330 e. The second kappa shape index (κ2) is 3.20. The van der Waals surface area contributed by atoms with Gasteiger partial charge in [-0.25, -0.2) is 4.79 Å². The molecule has 2 rings (SSSR count). The number of H-pyrrole nitrogens is 1. The molecule has 6 heteroatoms. The summed E-state index contributed by atoms with van der Waals surface area (Å²) in [5.41, 5.74) is -2.14. The zero-order chi connectivity index (χ0) is 11.2. The first-order valence-electron chi connectivity index (χ1n) is 4.66. The van der Waals surface area contributed by atoms with Gasteiger partial charge in [0.25, 0.3) is 5.56 Å². The maximum absolute atomic E-state index is 13.2. The Bertz CT molecular complexity index is 516. The highest BCUT2D eigenvalue weighted by Crippen LogP contribution is 2.36. The molecular formula is C9H10ClFN2O2. The van der Waals surface area contributed by atoms with Crippen LogP contribution in [0.5, 0.6) is 0 Å². The Hall–Kier alpha value is -1.10. The summed E-state index contributed by atoms with van der Waals surface area (Å²) in [6.07, 6.45) is 2.35. The lowest BCUT2D eigenvalue weighted by molar-refractivity contribution is 0.153. The molecule has 1 heterocycles. The van der Waals surface area contributed by atoms with Crippen molar-refractivity contribution in [2.75, 3.05) is 0 Å². The van der Waals surface area contributed by atoms with Crippen LogP contribution in [-0.4, -0.2) is 9.55 Å². The van der Waals surface area contributed by atoms with Gasteiger partial charge in [-0.1, -0.05) is 11.6 Å². The van der Waals surface area contributed by atoms with Crippen molar-refractivity contribution in [2.24, 2.45) is 0 Å². The molecular weight excluding hydrogens is 223 g/mol. The molecule has 4 nitrogen and oxygen atoms in total. The van der Waals surface area contributed by atoms with E-state index in [2.05, 4.69) is 4.98 Å². The first-order valence-corrected chi connectivity index (χ1v) is 5.04. The van der Waals surface area contributed by atoms with Crippen molar-refractivity contribution in [3.05, 3.63) is 31.8 Å². The molecule has 82 valence electrons. The summed E-state index contributed by atoms with van der Waals surface area (Å²) in [5, 5.41) is -0.524. The highest BCUT2D eigenvalue weighted by atomic mass is 35.5. The van der Waals surface area contributed by atoms with Crippen molar-refractivity contribution in [1.82, 2.24) is 9.55 Å². The van der Waals surface area contributed by atoms with E-state index in [1.807, 2.05) is 0 Å². The fourth-order valence-corrected chi connectivity index (χ4v) is 2.05. The molecule has 1 aromatic rings. The van der Waals surface area contributed by atoms with Crippen molar-refractivity contribution in [3.8, 4) is 0 Å². The topological polar surface area (TPSA) is 54.9 Å². The average Bonchev–Trinajstić information content (AvgIpc) is 2.11.